The molecule has 0 radical (unpaired) electrons. The summed E-state index contributed by atoms with van der Waals surface area (Å²) in [5.74, 6) is 0.871. The van der Waals surface area contributed by atoms with Gasteiger partial charge < -0.3 is 9.30 Å². The van der Waals surface area contributed by atoms with Gasteiger partial charge in [0, 0.05) is 25.4 Å². The maximum Gasteiger partial charge on any atom is 0.309 e. The minimum atomic E-state index is -0.116. The van der Waals surface area contributed by atoms with Crippen LogP contribution in [0.4, 0.5) is 0 Å². The molecule has 0 aliphatic carbocycles. The Morgan fingerprint density at radius 1 is 1.77 bits per heavy atom. The quantitative estimate of drug-likeness (QED) is 0.595. The number of carbonyl (C=O) groups is 1. The van der Waals surface area contributed by atoms with E-state index in [1.165, 1.54) is 7.11 Å². The second kappa shape index (κ2) is 3.20. The van der Waals surface area contributed by atoms with Gasteiger partial charge in [-0.1, -0.05) is 0 Å². The van der Waals surface area contributed by atoms with E-state index < -0.39 is 0 Å². The Morgan fingerprint density at radius 2 is 2.62 bits per heavy atom. The minimum absolute atomic E-state index is 0.0000926. The average molecular weight is 180 g/mol. The number of imidazole rings is 1. The second-order valence-electron chi connectivity index (χ2n) is 3.25. The number of aryl methyl sites for hydroxylation is 1. The highest BCUT2D eigenvalue weighted by Crippen LogP contribution is 2.19. The van der Waals surface area contributed by atoms with Gasteiger partial charge in [-0.2, -0.15) is 0 Å². The number of methoxy groups -OCH3 is 1. The number of aromatic nitrogens is 2. The summed E-state index contributed by atoms with van der Waals surface area (Å²) < 4.78 is 6.79. The van der Waals surface area contributed by atoms with Crippen molar-refractivity contribution in [1.29, 1.82) is 0 Å². The molecule has 0 spiro atoms. The third-order valence-electron chi connectivity index (χ3n) is 2.48. The van der Waals surface area contributed by atoms with Crippen LogP contribution >= 0.6 is 0 Å². The molecule has 13 heavy (non-hydrogen) atoms. The molecule has 0 saturated heterocycles. The van der Waals surface area contributed by atoms with Crippen molar-refractivity contribution in [3.63, 3.8) is 0 Å². The van der Waals surface area contributed by atoms with Crippen LogP contribution in [0, 0.1) is 5.92 Å². The van der Waals surface area contributed by atoms with Gasteiger partial charge in [-0.15, -0.1) is 0 Å². The summed E-state index contributed by atoms with van der Waals surface area (Å²) in [5.41, 5.74) is 0. The molecule has 0 N–H and O–H groups in total. The van der Waals surface area contributed by atoms with E-state index in [-0.39, 0.29) is 11.9 Å². The van der Waals surface area contributed by atoms with Gasteiger partial charge in [0.1, 0.15) is 5.82 Å². The van der Waals surface area contributed by atoms with Gasteiger partial charge in [0.15, 0.2) is 0 Å². The molecule has 4 nitrogen and oxygen atoms in total. The standard InChI is InChI=1S/C9H12N2O2/c1-13-9(12)7-2-4-11-5-3-10-8(11)6-7/h3,5,7H,2,4,6H2,1H3/t7-/m1/s1. The van der Waals surface area contributed by atoms with Gasteiger partial charge in [0.25, 0.3) is 0 Å². The average Bonchev–Trinajstić information content (AvgIpc) is 2.63. The van der Waals surface area contributed by atoms with E-state index in [0.717, 1.165) is 18.8 Å². The first-order valence-electron chi connectivity index (χ1n) is 4.39. The second-order valence-corrected chi connectivity index (χ2v) is 3.25. The third-order valence-corrected chi connectivity index (χ3v) is 2.48. The Hall–Kier alpha value is -1.32. The van der Waals surface area contributed by atoms with Crippen molar-refractivity contribution >= 4 is 5.97 Å². The van der Waals surface area contributed by atoms with Gasteiger partial charge in [0.05, 0.1) is 13.0 Å². The Labute approximate surface area is 76.5 Å². The lowest BCUT2D eigenvalue weighted by Gasteiger charge is -2.20. The van der Waals surface area contributed by atoms with Crippen molar-refractivity contribution in [2.45, 2.75) is 19.4 Å². The molecular formula is C9H12N2O2. The maximum atomic E-state index is 11.2. The molecule has 1 aliphatic rings. The predicted molar refractivity (Wildman–Crippen MR) is 46.1 cm³/mol. The molecule has 0 amide bonds. The van der Waals surface area contributed by atoms with Crippen LogP contribution in [0.5, 0.6) is 0 Å². The summed E-state index contributed by atoms with van der Waals surface area (Å²) in [6.45, 7) is 0.870. The summed E-state index contributed by atoms with van der Waals surface area (Å²) >= 11 is 0. The zero-order valence-electron chi connectivity index (χ0n) is 7.56. The van der Waals surface area contributed by atoms with E-state index >= 15 is 0 Å². The fourth-order valence-corrected chi connectivity index (χ4v) is 1.72. The van der Waals surface area contributed by atoms with Gasteiger partial charge in [-0.25, -0.2) is 4.98 Å². The van der Waals surface area contributed by atoms with Crippen molar-refractivity contribution in [2.24, 2.45) is 5.92 Å². The van der Waals surface area contributed by atoms with Crippen LogP contribution < -0.4 is 0 Å². The smallest absolute Gasteiger partial charge is 0.309 e. The zero-order valence-corrected chi connectivity index (χ0v) is 7.56. The number of esters is 1. The van der Waals surface area contributed by atoms with Gasteiger partial charge in [0.2, 0.25) is 0 Å². The Kier molecular flexibility index (Phi) is 2.04. The van der Waals surface area contributed by atoms with Crippen LogP contribution in [0.2, 0.25) is 0 Å². The fourth-order valence-electron chi connectivity index (χ4n) is 1.72. The number of carbonyl (C=O) groups excluding carboxylic acids is 1. The maximum absolute atomic E-state index is 11.2. The highest BCUT2D eigenvalue weighted by molar-refractivity contribution is 5.72. The van der Waals surface area contributed by atoms with E-state index in [1.54, 1.807) is 6.20 Å². The summed E-state index contributed by atoms with van der Waals surface area (Å²) in [6.07, 6.45) is 5.29. The fraction of sp³-hybridized carbons (Fsp3) is 0.556. The lowest BCUT2D eigenvalue weighted by Crippen LogP contribution is -2.26. The monoisotopic (exact) mass is 180 g/mol. The molecule has 2 rings (SSSR count). The van der Waals surface area contributed by atoms with Crippen LogP contribution in [-0.4, -0.2) is 22.6 Å². The van der Waals surface area contributed by atoms with Crippen LogP contribution in [0.25, 0.3) is 0 Å². The Balaban J connectivity index is 2.13. The third kappa shape index (κ3) is 1.43. The first-order valence-corrected chi connectivity index (χ1v) is 4.39. The number of nitrogens with zero attached hydrogens (tertiary/aromatic N) is 2. The number of fused-ring (bicyclic) bond motifs is 1. The van der Waals surface area contributed by atoms with Crippen LogP contribution in [0.3, 0.4) is 0 Å². The highest BCUT2D eigenvalue weighted by Gasteiger charge is 2.25. The lowest BCUT2D eigenvalue weighted by molar-refractivity contribution is -0.146. The molecule has 4 heteroatoms. The van der Waals surface area contributed by atoms with E-state index in [4.69, 9.17) is 4.74 Å². The van der Waals surface area contributed by atoms with Crippen molar-refractivity contribution in [1.82, 2.24) is 9.55 Å². The SMILES string of the molecule is COC(=O)[C@@H]1CCn2ccnc2C1. The normalized spacial score (nSPS) is 20.8. The summed E-state index contributed by atoms with van der Waals surface area (Å²) in [6, 6.07) is 0. The molecule has 0 saturated carbocycles. The molecule has 1 aromatic heterocycles. The van der Waals surface area contributed by atoms with Gasteiger partial charge in [-0.05, 0) is 6.42 Å². The van der Waals surface area contributed by atoms with E-state index in [9.17, 15) is 4.79 Å². The number of hydrogen-bond acceptors (Lipinski definition) is 3. The summed E-state index contributed by atoms with van der Waals surface area (Å²) in [4.78, 5) is 15.4. The largest absolute Gasteiger partial charge is 0.469 e. The van der Waals surface area contributed by atoms with Crippen molar-refractivity contribution in [3.05, 3.63) is 18.2 Å². The molecule has 0 aromatic carbocycles. The first kappa shape index (κ1) is 8.29. The molecule has 1 atom stereocenters. The molecule has 0 unspecified atom stereocenters. The highest BCUT2D eigenvalue weighted by atomic mass is 16.5. The molecule has 1 aromatic rings. The van der Waals surface area contributed by atoms with Gasteiger partial charge >= 0.3 is 5.97 Å². The van der Waals surface area contributed by atoms with Crippen LogP contribution in [-0.2, 0) is 22.5 Å². The van der Waals surface area contributed by atoms with E-state index in [2.05, 4.69) is 9.55 Å². The van der Waals surface area contributed by atoms with Gasteiger partial charge in [-0.3, -0.25) is 4.79 Å². The summed E-state index contributed by atoms with van der Waals surface area (Å²) in [5, 5.41) is 0. The van der Waals surface area contributed by atoms with Crippen molar-refractivity contribution < 1.29 is 9.53 Å². The molecule has 0 fully saturated rings. The van der Waals surface area contributed by atoms with Crippen molar-refractivity contribution in [3.8, 4) is 0 Å². The molecular weight excluding hydrogens is 168 g/mol. The summed E-state index contributed by atoms with van der Waals surface area (Å²) in [7, 11) is 1.43. The number of ether oxygens (including phenoxy) is 1. The number of rotatable bonds is 1. The van der Waals surface area contributed by atoms with E-state index in [1.807, 2.05) is 6.20 Å². The minimum Gasteiger partial charge on any atom is -0.469 e. The van der Waals surface area contributed by atoms with E-state index in [0.29, 0.717) is 6.42 Å². The molecule has 2 heterocycles. The molecule has 70 valence electrons. The molecule has 0 bridgehead atoms. The van der Waals surface area contributed by atoms with Crippen LogP contribution in [0.1, 0.15) is 12.2 Å². The Bertz CT molecular complexity index is 319. The Morgan fingerprint density at radius 3 is 3.38 bits per heavy atom. The lowest BCUT2D eigenvalue weighted by atomic mass is 9.98. The first-order chi connectivity index (χ1) is 6.31. The predicted octanol–water partition coefficient (Wildman–Crippen LogP) is 0.618. The van der Waals surface area contributed by atoms with Crippen molar-refractivity contribution in [2.75, 3.05) is 7.11 Å². The zero-order chi connectivity index (χ0) is 9.26. The van der Waals surface area contributed by atoms with Crippen LogP contribution in [0.15, 0.2) is 12.4 Å². The molecule has 1 aliphatic heterocycles. The topological polar surface area (TPSA) is 44.1 Å². The number of hydrogen-bond donors (Lipinski definition) is 0.